The summed E-state index contributed by atoms with van der Waals surface area (Å²) in [6.07, 6.45) is 2.49. The van der Waals surface area contributed by atoms with E-state index in [9.17, 15) is 4.79 Å². The molecule has 0 bridgehead atoms. The van der Waals surface area contributed by atoms with Gasteiger partial charge >= 0.3 is 6.16 Å². The molecule has 0 heterocycles. The van der Waals surface area contributed by atoms with E-state index in [1.165, 1.54) is 0 Å². The molecule has 0 amide bonds. The first-order chi connectivity index (χ1) is 10.6. The van der Waals surface area contributed by atoms with E-state index < -0.39 is 6.16 Å². The van der Waals surface area contributed by atoms with Crippen molar-refractivity contribution in [3.8, 4) is 17.2 Å². The number of hydrogen-bond acceptors (Lipinski definition) is 4. The lowest BCUT2D eigenvalue weighted by atomic mass is 10.1. The van der Waals surface area contributed by atoms with E-state index in [-0.39, 0.29) is 18.2 Å². The van der Waals surface area contributed by atoms with Gasteiger partial charge in [-0.2, -0.15) is 0 Å². The fraction of sp³-hybridized carbons (Fsp3) is 0.118. The molecule has 23 heavy (non-hydrogen) atoms. The molecule has 0 aliphatic rings. The average Bonchev–Trinajstić information content (AvgIpc) is 2.53. The largest absolute Gasteiger partial charge is 0.511 e. The predicted molar refractivity (Wildman–Crippen MR) is 90.8 cm³/mol. The highest BCUT2D eigenvalue weighted by molar-refractivity contribution is 5.85. The van der Waals surface area contributed by atoms with E-state index >= 15 is 0 Å². The van der Waals surface area contributed by atoms with E-state index in [2.05, 4.69) is 4.74 Å². The molecule has 5 nitrogen and oxygen atoms in total. The summed E-state index contributed by atoms with van der Waals surface area (Å²) in [5.41, 5.74) is 1.85. The standard InChI is InChI=1S/C17H16O5.ClH/c1-20-15-9-13(10-16(11-15)21-2)4-3-12-5-7-14(8-6-12)22-17(18)19;/h3-11H,1-2H3,(H,18,19);1H. The minimum absolute atomic E-state index is 0. The molecule has 6 heteroatoms. The molecular weight excluding hydrogens is 320 g/mol. The summed E-state index contributed by atoms with van der Waals surface area (Å²) in [6, 6.07) is 12.3. The van der Waals surface area contributed by atoms with Crippen molar-refractivity contribution in [3.63, 3.8) is 0 Å². The van der Waals surface area contributed by atoms with Gasteiger partial charge in [-0.3, -0.25) is 0 Å². The van der Waals surface area contributed by atoms with Crippen LogP contribution in [-0.4, -0.2) is 25.5 Å². The normalized spacial score (nSPS) is 10.0. The number of carbonyl (C=O) groups is 1. The highest BCUT2D eigenvalue weighted by atomic mass is 35.5. The van der Waals surface area contributed by atoms with Crippen molar-refractivity contribution >= 4 is 30.7 Å². The van der Waals surface area contributed by atoms with Crippen molar-refractivity contribution in [2.75, 3.05) is 14.2 Å². The van der Waals surface area contributed by atoms with Gasteiger partial charge in [0, 0.05) is 6.07 Å². The van der Waals surface area contributed by atoms with Crippen LogP contribution >= 0.6 is 12.4 Å². The Morgan fingerprint density at radius 1 is 0.870 bits per heavy atom. The van der Waals surface area contributed by atoms with Crippen LogP contribution in [0.5, 0.6) is 17.2 Å². The first kappa shape index (κ1) is 18.4. The minimum atomic E-state index is -1.33. The topological polar surface area (TPSA) is 65.0 Å². The highest BCUT2D eigenvalue weighted by Crippen LogP contribution is 2.24. The third-order valence-electron chi connectivity index (χ3n) is 2.93. The Balaban J connectivity index is 0.00000264. The maximum absolute atomic E-state index is 10.4. The lowest BCUT2D eigenvalue weighted by Gasteiger charge is -2.05. The van der Waals surface area contributed by atoms with Crippen molar-refractivity contribution in [1.29, 1.82) is 0 Å². The van der Waals surface area contributed by atoms with Crippen LogP contribution in [0.4, 0.5) is 4.79 Å². The van der Waals surface area contributed by atoms with Gasteiger partial charge < -0.3 is 19.3 Å². The summed E-state index contributed by atoms with van der Waals surface area (Å²) >= 11 is 0. The number of benzene rings is 2. The zero-order chi connectivity index (χ0) is 15.9. The fourth-order valence-corrected chi connectivity index (χ4v) is 1.87. The van der Waals surface area contributed by atoms with E-state index in [1.54, 1.807) is 44.6 Å². The minimum Gasteiger partial charge on any atom is -0.497 e. The Kier molecular flexibility index (Phi) is 6.96. The number of carboxylic acid groups (broad SMARTS) is 1. The molecule has 0 unspecified atom stereocenters. The monoisotopic (exact) mass is 336 g/mol. The molecule has 0 aliphatic carbocycles. The van der Waals surface area contributed by atoms with Crippen LogP contribution in [0.25, 0.3) is 12.2 Å². The summed E-state index contributed by atoms with van der Waals surface area (Å²) < 4.78 is 15.0. The quantitative estimate of drug-likeness (QED) is 0.499. The molecule has 0 saturated carbocycles. The second-order valence-electron chi connectivity index (χ2n) is 4.42. The average molecular weight is 337 g/mol. The van der Waals surface area contributed by atoms with Crippen molar-refractivity contribution in [3.05, 3.63) is 53.6 Å². The zero-order valence-electron chi connectivity index (χ0n) is 12.7. The van der Waals surface area contributed by atoms with Crippen LogP contribution in [0.2, 0.25) is 0 Å². The van der Waals surface area contributed by atoms with Gasteiger partial charge in [0.2, 0.25) is 0 Å². The van der Waals surface area contributed by atoms with E-state index in [4.69, 9.17) is 14.6 Å². The van der Waals surface area contributed by atoms with Crippen molar-refractivity contribution in [2.24, 2.45) is 0 Å². The Bertz CT molecular complexity index is 658. The number of hydrogen-bond donors (Lipinski definition) is 1. The van der Waals surface area contributed by atoms with Crippen LogP contribution in [0, 0.1) is 0 Å². The number of ether oxygens (including phenoxy) is 3. The Hall–Kier alpha value is -2.66. The maximum Gasteiger partial charge on any atom is 0.511 e. The number of rotatable bonds is 5. The fourth-order valence-electron chi connectivity index (χ4n) is 1.87. The van der Waals surface area contributed by atoms with Gasteiger partial charge in [-0.05, 0) is 35.4 Å². The summed E-state index contributed by atoms with van der Waals surface area (Å²) in [4.78, 5) is 10.4. The maximum atomic E-state index is 10.4. The molecule has 0 atom stereocenters. The van der Waals surface area contributed by atoms with Gasteiger partial charge in [-0.25, -0.2) is 4.79 Å². The van der Waals surface area contributed by atoms with Crippen molar-refractivity contribution < 1.29 is 24.1 Å². The summed E-state index contributed by atoms with van der Waals surface area (Å²) in [7, 11) is 3.20. The molecule has 0 saturated heterocycles. The summed E-state index contributed by atoms with van der Waals surface area (Å²) in [5, 5.41) is 8.53. The third-order valence-corrected chi connectivity index (χ3v) is 2.93. The van der Waals surface area contributed by atoms with Crippen LogP contribution in [0.1, 0.15) is 11.1 Å². The van der Waals surface area contributed by atoms with Gasteiger partial charge in [0.15, 0.2) is 0 Å². The lowest BCUT2D eigenvalue weighted by molar-refractivity contribution is 0.144. The molecule has 0 spiro atoms. The van der Waals surface area contributed by atoms with Crippen LogP contribution in [0.3, 0.4) is 0 Å². The first-order valence-corrected chi connectivity index (χ1v) is 6.52. The second kappa shape index (κ2) is 8.70. The molecular formula is C17H17ClO5. The van der Waals surface area contributed by atoms with E-state index in [0.29, 0.717) is 11.5 Å². The molecule has 0 aromatic heterocycles. The molecule has 2 rings (SSSR count). The smallest absolute Gasteiger partial charge is 0.497 e. The molecule has 122 valence electrons. The predicted octanol–water partition coefficient (Wildman–Crippen LogP) is 4.35. The van der Waals surface area contributed by atoms with E-state index in [0.717, 1.165) is 11.1 Å². The van der Waals surface area contributed by atoms with Gasteiger partial charge in [0.1, 0.15) is 17.2 Å². The molecule has 2 aromatic rings. The molecule has 1 N–H and O–H groups in total. The second-order valence-corrected chi connectivity index (χ2v) is 4.42. The van der Waals surface area contributed by atoms with Gasteiger partial charge in [-0.1, -0.05) is 24.3 Å². The van der Waals surface area contributed by atoms with Crippen LogP contribution in [-0.2, 0) is 0 Å². The summed E-state index contributed by atoms with van der Waals surface area (Å²) in [5.74, 6) is 1.71. The molecule has 2 aromatic carbocycles. The molecule has 0 fully saturated rings. The van der Waals surface area contributed by atoms with Gasteiger partial charge in [0.05, 0.1) is 14.2 Å². The van der Waals surface area contributed by atoms with Crippen LogP contribution < -0.4 is 14.2 Å². The molecule has 0 aliphatic heterocycles. The number of methoxy groups -OCH3 is 2. The van der Waals surface area contributed by atoms with Gasteiger partial charge in [0.25, 0.3) is 0 Å². The van der Waals surface area contributed by atoms with Crippen molar-refractivity contribution in [2.45, 2.75) is 0 Å². The Morgan fingerprint density at radius 3 is 1.87 bits per heavy atom. The lowest BCUT2D eigenvalue weighted by Crippen LogP contribution is -2.02. The van der Waals surface area contributed by atoms with Crippen molar-refractivity contribution in [1.82, 2.24) is 0 Å². The van der Waals surface area contributed by atoms with E-state index in [1.807, 2.05) is 24.3 Å². The molecule has 0 radical (unpaired) electrons. The SMILES string of the molecule is COc1cc(C=Cc2ccc(OC(=O)O)cc2)cc(OC)c1.Cl. The summed E-state index contributed by atoms with van der Waals surface area (Å²) in [6.45, 7) is 0. The third kappa shape index (κ3) is 5.56. The highest BCUT2D eigenvalue weighted by Gasteiger charge is 2.01. The van der Waals surface area contributed by atoms with Gasteiger partial charge in [-0.15, -0.1) is 12.4 Å². The zero-order valence-corrected chi connectivity index (χ0v) is 13.5. The van der Waals surface area contributed by atoms with Crippen LogP contribution in [0.15, 0.2) is 42.5 Å². The Morgan fingerprint density at radius 2 is 1.39 bits per heavy atom. The first-order valence-electron chi connectivity index (χ1n) is 6.52. The number of halogens is 1. The Labute approximate surface area is 140 Å².